The minimum absolute atomic E-state index is 0.00132. The summed E-state index contributed by atoms with van der Waals surface area (Å²) in [7, 11) is 2.08. The number of carbonyl (C=O) groups is 1. The maximum Gasteiger partial charge on any atom is 0.239 e. The van der Waals surface area contributed by atoms with Crippen molar-refractivity contribution < 1.29 is 9.90 Å². The molecule has 2 aliphatic heterocycles. The number of piperidine rings is 1. The fourth-order valence-electron chi connectivity index (χ4n) is 3.49. The third-order valence-corrected chi connectivity index (χ3v) is 5.11. The Hall–Kier alpha value is -0.650. The van der Waals surface area contributed by atoms with Gasteiger partial charge in [0.2, 0.25) is 5.91 Å². The highest BCUT2D eigenvalue weighted by molar-refractivity contribution is 5.81. The summed E-state index contributed by atoms with van der Waals surface area (Å²) in [6.07, 6.45) is 4.67. The van der Waals surface area contributed by atoms with E-state index in [1.54, 1.807) is 0 Å². The number of hydrogen-bond acceptors (Lipinski definition) is 4. The predicted octanol–water partition coefficient (Wildman–Crippen LogP) is 0.633. The lowest BCUT2D eigenvalue weighted by Gasteiger charge is -2.35. The fraction of sp³-hybridized carbons (Fsp3) is 0.938. The Morgan fingerprint density at radius 2 is 1.86 bits per heavy atom. The van der Waals surface area contributed by atoms with E-state index < -0.39 is 0 Å². The first-order valence-electron chi connectivity index (χ1n) is 8.44. The van der Waals surface area contributed by atoms with E-state index in [4.69, 9.17) is 5.11 Å². The molecule has 1 amide bonds. The third-order valence-electron chi connectivity index (χ3n) is 5.11. The van der Waals surface area contributed by atoms with Crippen LogP contribution in [0.5, 0.6) is 0 Å². The Labute approximate surface area is 128 Å². The number of aliphatic hydroxyl groups is 1. The molecular formula is C16H31N3O2. The molecule has 2 fully saturated rings. The quantitative estimate of drug-likeness (QED) is 0.781. The topological polar surface area (TPSA) is 47.0 Å². The summed E-state index contributed by atoms with van der Waals surface area (Å²) in [6.45, 7) is 8.14. The monoisotopic (exact) mass is 297 g/mol. The van der Waals surface area contributed by atoms with E-state index in [9.17, 15) is 4.79 Å². The molecule has 5 nitrogen and oxygen atoms in total. The molecule has 21 heavy (non-hydrogen) atoms. The first-order chi connectivity index (χ1) is 10.1. The first-order valence-corrected chi connectivity index (χ1v) is 8.44. The van der Waals surface area contributed by atoms with Gasteiger partial charge in [-0.2, -0.15) is 0 Å². The third kappa shape index (κ3) is 4.66. The molecule has 2 rings (SSSR count). The molecule has 2 saturated heterocycles. The minimum atomic E-state index is -0.00132. The van der Waals surface area contributed by atoms with Crippen LogP contribution in [0.3, 0.4) is 0 Å². The normalized spacial score (nSPS) is 23.0. The van der Waals surface area contributed by atoms with Crippen molar-refractivity contribution in [3.63, 3.8) is 0 Å². The number of rotatable bonds is 6. The van der Waals surface area contributed by atoms with Crippen molar-refractivity contribution in [1.29, 1.82) is 0 Å². The van der Waals surface area contributed by atoms with E-state index in [0.717, 1.165) is 52.1 Å². The van der Waals surface area contributed by atoms with Gasteiger partial charge in [0.1, 0.15) is 0 Å². The van der Waals surface area contributed by atoms with Gasteiger partial charge in [-0.1, -0.05) is 0 Å². The van der Waals surface area contributed by atoms with Gasteiger partial charge in [0.25, 0.3) is 0 Å². The minimum Gasteiger partial charge on any atom is -0.395 e. The number of hydrogen-bond donors (Lipinski definition) is 1. The molecule has 0 aromatic carbocycles. The van der Waals surface area contributed by atoms with Gasteiger partial charge in [-0.25, -0.2) is 0 Å². The largest absolute Gasteiger partial charge is 0.395 e. The Morgan fingerprint density at radius 1 is 1.24 bits per heavy atom. The number of likely N-dealkylation sites (tertiary alicyclic amines) is 2. The highest BCUT2D eigenvalue weighted by Gasteiger charge is 2.28. The van der Waals surface area contributed by atoms with E-state index in [1.165, 1.54) is 12.8 Å². The van der Waals surface area contributed by atoms with Crippen LogP contribution in [0.2, 0.25) is 0 Å². The van der Waals surface area contributed by atoms with Crippen molar-refractivity contribution in [2.45, 2.75) is 38.6 Å². The summed E-state index contributed by atoms with van der Waals surface area (Å²) < 4.78 is 0. The van der Waals surface area contributed by atoms with Gasteiger partial charge in [0.15, 0.2) is 0 Å². The molecule has 1 atom stereocenters. The molecule has 0 saturated carbocycles. The van der Waals surface area contributed by atoms with Gasteiger partial charge in [0, 0.05) is 26.2 Å². The van der Waals surface area contributed by atoms with Crippen LogP contribution in [0.4, 0.5) is 0 Å². The second-order valence-electron chi connectivity index (χ2n) is 6.66. The van der Waals surface area contributed by atoms with Crippen LogP contribution >= 0.6 is 0 Å². The maximum atomic E-state index is 12.4. The summed E-state index contributed by atoms with van der Waals surface area (Å²) in [4.78, 5) is 19.0. The van der Waals surface area contributed by atoms with E-state index in [2.05, 4.69) is 16.8 Å². The molecular weight excluding hydrogens is 266 g/mol. The fourth-order valence-corrected chi connectivity index (χ4v) is 3.49. The smallest absolute Gasteiger partial charge is 0.239 e. The summed E-state index contributed by atoms with van der Waals surface area (Å²) in [5, 5.41) is 8.98. The molecule has 0 aliphatic carbocycles. The zero-order valence-electron chi connectivity index (χ0n) is 13.6. The number of aliphatic hydroxyl groups excluding tert-OH is 1. The van der Waals surface area contributed by atoms with Crippen LogP contribution in [0.15, 0.2) is 0 Å². The number of nitrogens with zero attached hydrogens (tertiary/aromatic N) is 3. The molecule has 5 heteroatoms. The lowest BCUT2D eigenvalue weighted by atomic mass is 9.96. The number of carbonyl (C=O) groups excluding carboxylic acids is 1. The summed E-state index contributed by atoms with van der Waals surface area (Å²) in [5.74, 6) is 0.978. The lowest BCUT2D eigenvalue weighted by Crippen LogP contribution is -2.47. The van der Waals surface area contributed by atoms with Crippen LogP contribution in [0.25, 0.3) is 0 Å². The molecule has 0 spiro atoms. The molecule has 2 heterocycles. The van der Waals surface area contributed by atoms with Gasteiger partial charge in [-0.05, 0) is 58.7 Å². The van der Waals surface area contributed by atoms with Crippen LogP contribution in [0, 0.1) is 5.92 Å². The molecule has 0 radical (unpaired) electrons. The van der Waals surface area contributed by atoms with Crippen molar-refractivity contribution in [3.8, 4) is 0 Å². The lowest BCUT2D eigenvalue weighted by molar-refractivity contribution is -0.135. The second-order valence-corrected chi connectivity index (χ2v) is 6.66. The molecule has 122 valence electrons. The van der Waals surface area contributed by atoms with E-state index in [0.29, 0.717) is 11.8 Å². The Morgan fingerprint density at radius 3 is 2.43 bits per heavy atom. The van der Waals surface area contributed by atoms with Crippen molar-refractivity contribution in [2.75, 3.05) is 52.9 Å². The van der Waals surface area contributed by atoms with Crippen molar-refractivity contribution in [3.05, 3.63) is 0 Å². The average molecular weight is 297 g/mol. The zero-order chi connectivity index (χ0) is 15.2. The predicted molar refractivity (Wildman–Crippen MR) is 84.2 cm³/mol. The van der Waals surface area contributed by atoms with Crippen molar-refractivity contribution in [1.82, 2.24) is 14.7 Å². The number of likely N-dealkylation sites (N-methyl/N-ethyl adjacent to an activating group) is 1. The van der Waals surface area contributed by atoms with Gasteiger partial charge >= 0.3 is 0 Å². The number of amides is 1. The highest BCUT2D eigenvalue weighted by Crippen LogP contribution is 2.19. The van der Waals surface area contributed by atoms with Crippen LogP contribution in [0.1, 0.15) is 32.6 Å². The molecule has 1 N–H and O–H groups in total. The van der Waals surface area contributed by atoms with E-state index >= 15 is 0 Å². The van der Waals surface area contributed by atoms with Gasteiger partial charge in [-0.3, -0.25) is 9.69 Å². The summed E-state index contributed by atoms with van der Waals surface area (Å²) in [6, 6.07) is -0.00132. The van der Waals surface area contributed by atoms with Gasteiger partial charge in [-0.15, -0.1) is 0 Å². The average Bonchev–Trinajstić information content (AvgIpc) is 3.02. The van der Waals surface area contributed by atoms with Crippen LogP contribution in [-0.2, 0) is 4.79 Å². The Bertz CT molecular complexity index is 323. The molecule has 0 aromatic heterocycles. The van der Waals surface area contributed by atoms with E-state index in [-0.39, 0.29) is 12.6 Å². The van der Waals surface area contributed by atoms with Gasteiger partial charge < -0.3 is 14.9 Å². The zero-order valence-corrected chi connectivity index (χ0v) is 13.6. The second kappa shape index (κ2) is 8.11. The van der Waals surface area contributed by atoms with Crippen molar-refractivity contribution in [2.24, 2.45) is 5.92 Å². The van der Waals surface area contributed by atoms with Crippen LogP contribution in [-0.4, -0.2) is 84.7 Å². The Kier molecular flexibility index (Phi) is 6.45. The van der Waals surface area contributed by atoms with Gasteiger partial charge in [0.05, 0.1) is 12.6 Å². The molecule has 2 aliphatic rings. The first kappa shape index (κ1) is 16.7. The molecule has 0 aromatic rings. The maximum absolute atomic E-state index is 12.4. The standard InChI is InChI=1S/C16H31N3O2/c1-14(16(21)19-7-3-4-8-19)17(2)13-15-5-9-18(10-6-15)11-12-20/h14-15,20H,3-13H2,1-2H3/t14-/m0/s1. The SMILES string of the molecule is C[C@@H](C(=O)N1CCCC1)N(C)CC1CCN(CCO)CC1. The summed E-state index contributed by atoms with van der Waals surface area (Å²) >= 11 is 0. The molecule has 0 bridgehead atoms. The Balaban J connectivity index is 1.73. The van der Waals surface area contributed by atoms with E-state index in [1.807, 2.05) is 11.8 Å². The summed E-state index contributed by atoms with van der Waals surface area (Å²) in [5.41, 5.74) is 0. The number of β-amino-alcohol motifs (C(OH)–C–C–N with tert-alkyl or cyclic N) is 1. The molecule has 0 unspecified atom stereocenters. The highest BCUT2D eigenvalue weighted by atomic mass is 16.3. The van der Waals surface area contributed by atoms with Crippen molar-refractivity contribution >= 4 is 5.91 Å². The van der Waals surface area contributed by atoms with Crippen LogP contribution < -0.4 is 0 Å².